The molecule has 0 aliphatic carbocycles. The molecule has 0 unspecified atom stereocenters. The van der Waals surface area contributed by atoms with Crippen LogP contribution in [0, 0.1) is 27.1 Å². The highest BCUT2D eigenvalue weighted by atomic mass is 32.1. The SMILES string of the molecule is O=c1c2ccccc2n2c3ccc(-c4ccc5c(c4)c(=O)c4cccc6c(=O)c7ccccc7n5c64)cc3c(=O)c3cccc1c32.O=c1c2ccccc2n2c3ccc(-c4ccc5c(c4)c(=S)c4cccc6c(=S)c7ccccc7n5c64)cc3c(=O)c3cccc1c32.S=c1c2ccccc2n2c3ccc(-c4cc5c(=S)c6ccccc6n6c7ccccc7c(=S)c(c4)c56)cc3c(=S)c3cccc1c32. The highest BCUT2D eigenvalue weighted by Crippen LogP contribution is 2.44. The van der Waals surface area contributed by atoms with Crippen LogP contribution >= 0.6 is 73.3 Å². The van der Waals surface area contributed by atoms with Crippen molar-refractivity contribution in [2.45, 2.75) is 0 Å². The Kier molecular flexibility index (Phi) is 17.0. The fourth-order valence-corrected chi connectivity index (χ4v) is 24.6. The van der Waals surface area contributed by atoms with Crippen LogP contribution in [-0.2, 0) is 0 Å². The molecule has 12 heterocycles. The Morgan fingerprint density at radius 2 is 0.275 bits per heavy atom. The lowest BCUT2D eigenvalue weighted by Crippen LogP contribution is -2.14. The largest absolute Gasteiger partial charge is 0.308 e. The number of pyridine rings is 12. The van der Waals surface area contributed by atoms with E-state index in [4.69, 9.17) is 73.3 Å². The van der Waals surface area contributed by atoms with Crippen LogP contribution in [0.4, 0.5) is 0 Å². The van der Waals surface area contributed by atoms with Gasteiger partial charge in [-0.3, -0.25) is 28.8 Å². The molecule has 30 rings (SSSR count). The number of para-hydroxylation sites is 12. The molecule has 0 atom stereocenters. The van der Waals surface area contributed by atoms with Crippen LogP contribution in [0.1, 0.15) is 0 Å². The first-order valence-electron chi connectivity index (χ1n) is 45.1. The highest BCUT2D eigenvalue weighted by Gasteiger charge is 2.26. The molecule has 12 nitrogen and oxygen atoms in total. The van der Waals surface area contributed by atoms with Gasteiger partial charge < -0.3 is 26.4 Å². The molecule has 30 aromatic rings. The molecule has 18 heteroatoms. The van der Waals surface area contributed by atoms with Crippen molar-refractivity contribution in [3.63, 3.8) is 0 Å². The van der Waals surface area contributed by atoms with E-state index in [-0.39, 0.29) is 32.6 Å². The van der Waals surface area contributed by atoms with Crippen LogP contribution in [0.15, 0.2) is 393 Å². The molecule has 0 saturated carbocycles. The van der Waals surface area contributed by atoms with E-state index in [1.807, 2.05) is 173 Å². The third kappa shape index (κ3) is 10.9. The van der Waals surface area contributed by atoms with Gasteiger partial charge in [-0.25, -0.2) is 0 Å². The first kappa shape index (κ1) is 79.8. The number of benzene rings is 18. The summed E-state index contributed by atoms with van der Waals surface area (Å²) < 4.78 is 18.0. The van der Waals surface area contributed by atoms with Gasteiger partial charge in [-0.15, -0.1) is 0 Å². The second-order valence-corrected chi connectivity index (χ2v) is 38.1. The molecule has 642 valence electrons. The van der Waals surface area contributed by atoms with E-state index in [1.165, 1.54) is 0 Å². The summed E-state index contributed by atoms with van der Waals surface area (Å²) in [6.45, 7) is 0. The predicted molar refractivity (Wildman–Crippen MR) is 586 cm³/mol. The summed E-state index contributed by atoms with van der Waals surface area (Å²) >= 11 is 36.7. The summed E-state index contributed by atoms with van der Waals surface area (Å²) in [6, 6.07) is 119. The van der Waals surface area contributed by atoms with Crippen molar-refractivity contribution in [1.29, 1.82) is 0 Å². The molecule has 0 spiro atoms. The zero-order valence-electron chi connectivity index (χ0n) is 72.2. The zero-order valence-corrected chi connectivity index (χ0v) is 77.1. The fraction of sp³-hybridized carbons (Fsp3) is 0. The van der Waals surface area contributed by atoms with Crippen molar-refractivity contribution in [3.8, 4) is 33.4 Å². The molecule has 138 heavy (non-hydrogen) atoms. The molecule has 0 amide bonds. The Morgan fingerprint density at radius 1 is 0.123 bits per heavy atom. The van der Waals surface area contributed by atoms with Gasteiger partial charge in [0.2, 0.25) is 0 Å². The Labute approximate surface area is 807 Å². The van der Waals surface area contributed by atoms with Crippen LogP contribution in [0.2, 0.25) is 0 Å². The standard InChI is InChI=1S/C40H20N2O4.C40H20N2O2S2.C40H20N2S4/c43-37-23-7-1-3-13-31(23)41-33-17-15-21(19-29(33)39(45)27-11-5-9-25(37)35(27)41)22-16-18-34-30(20-22)40(46)28-12-6-10-26-36(28)42(34)32-14-4-2-8-24(32)38(26)44;43-37-23-7-1-3-13-31(23)41-33-17-15-21(19-29(33)38(44)26-10-5-9-25(37)35(26)41)22-16-18-34-30(20-22)40(46)28-12-6-11-27-36(28)42(34)32-14-4-2-8-24(32)39(27)45;43-37-23-8-1-4-13-31(23)42-34-17-16-21(18-28(34)40(46)27-12-7-11-26(37)35(27)42)22-19-29-36-30(20-22)39(45)25-10-3-6-15-33(25)41(36)32-14-5-2-9-24(32)38(29)44/h3*1-20H. The van der Waals surface area contributed by atoms with E-state index in [0.29, 0.717) is 92.2 Å². The molecule has 0 radical (unpaired) electrons. The maximum atomic E-state index is 14.1. The molecule has 0 N–H and O–H groups in total. The Hall–Kier alpha value is -16.7. The molecular formula is C120H60N6O6S6. The van der Waals surface area contributed by atoms with Crippen LogP contribution in [0.5, 0.6) is 0 Å². The molecule has 0 saturated heterocycles. The van der Waals surface area contributed by atoms with Crippen molar-refractivity contribution in [2.24, 2.45) is 0 Å². The summed E-state index contributed by atoms with van der Waals surface area (Å²) in [6.07, 6.45) is 0. The van der Waals surface area contributed by atoms with Crippen molar-refractivity contribution < 1.29 is 0 Å². The maximum Gasteiger partial charge on any atom is 0.197 e. The average Bonchev–Trinajstić information content (AvgIpc) is 0.721. The number of rotatable bonds is 3. The molecule has 0 fully saturated rings. The minimum atomic E-state index is -0.151. The second kappa shape index (κ2) is 29.4. The van der Waals surface area contributed by atoms with Gasteiger partial charge in [0.15, 0.2) is 32.6 Å². The maximum absolute atomic E-state index is 14.1. The first-order chi connectivity index (χ1) is 67.5. The van der Waals surface area contributed by atoms with Crippen molar-refractivity contribution in [1.82, 2.24) is 26.4 Å². The van der Waals surface area contributed by atoms with E-state index in [9.17, 15) is 28.8 Å². The number of nitrogens with zero attached hydrogens (tertiary/aromatic N) is 6. The van der Waals surface area contributed by atoms with Crippen LogP contribution in [0.25, 0.3) is 262 Å². The summed E-state index contributed by atoms with van der Waals surface area (Å²) in [5.74, 6) is 0. The molecule has 0 bridgehead atoms. The van der Waals surface area contributed by atoms with Crippen LogP contribution in [0.3, 0.4) is 0 Å². The van der Waals surface area contributed by atoms with Gasteiger partial charge in [-0.1, -0.05) is 267 Å². The number of hydrogen-bond donors (Lipinski definition) is 0. The van der Waals surface area contributed by atoms with Crippen molar-refractivity contribution >= 4 is 302 Å². The predicted octanol–water partition coefficient (Wildman–Crippen LogP) is 29.5. The number of fused-ring (bicyclic) bond motifs is 24. The lowest BCUT2D eigenvalue weighted by atomic mass is 9.96. The summed E-state index contributed by atoms with van der Waals surface area (Å²) in [4.78, 5) is 82.3. The van der Waals surface area contributed by atoms with E-state index in [1.54, 1.807) is 42.5 Å². The zero-order chi connectivity index (χ0) is 92.5. The second-order valence-electron chi connectivity index (χ2n) is 35.7. The molecular weight excluding hydrogens is 1810 g/mol. The normalized spacial score (nSPS) is 12.3. The first-order valence-corrected chi connectivity index (χ1v) is 47.5. The van der Waals surface area contributed by atoms with Gasteiger partial charge in [0.1, 0.15) is 0 Å². The number of aromatic nitrogens is 6. The topological polar surface area (TPSA) is 129 Å². The summed E-state index contributed by atoms with van der Waals surface area (Å²) in [5.41, 5.74) is 20.8. The minimum absolute atomic E-state index is 0.0616. The van der Waals surface area contributed by atoms with Crippen molar-refractivity contribution in [2.75, 3.05) is 0 Å². The van der Waals surface area contributed by atoms with Crippen molar-refractivity contribution in [3.05, 3.63) is 452 Å². The lowest BCUT2D eigenvalue weighted by Gasteiger charge is -2.18. The number of hydrogen-bond acceptors (Lipinski definition) is 12. The van der Waals surface area contributed by atoms with Crippen LogP contribution < -0.4 is 32.6 Å². The van der Waals surface area contributed by atoms with Crippen LogP contribution in [-0.4, -0.2) is 26.4 Å². The average molecular weight is 1870 g/mol. The smallest absolute Gasteiger partial charge is 0.197 e. The Balaban J connectivity index is 0.000000102. The van der Waals surface area contributed by atoms with Gasteiger partial charge in [0.05, 0.1) is 126 Å². The van der Waals surface area contributed by atoms with Gasteiger partial charge in [0, 0.05) is 129 Å². The lowest BCUT2D eigenvalue weighted by molar-refractivity contribution is 1.30. The molecule has 0 aliphatic rings. The van der Waals surface area contributed by atoms with E-state index < -0.39 is 0 Å². The summed E-state index contributed by atoms with van der Waals surface area (Å²) in [5, 5.41) is 18.8. The third-order valence-electron chi connectivity index (χ3n) is 28.7. The van der Waals surface area contributed by atoms with Gasteiger partial charge in [0.25, 0.3) is 0 Å². The highest BCUT2D eigenvalue weighted by molar-refractivity contribution is 7.73. The third-order valence-corrected chi connectivity index (χ3v) is 31.3. The Bertz CT molecular complexity index is 10800. The monoisotopic (exact) mass is 1870 g/mol. The minimum Gasteiger partial charge on any atom is -0.308 e. The van der Waals surface area contributed by atoms with E-state index in [2.05, 4.69) is 175 Å². The van der Waals surface area contributed by atoms with Gasteiger partial charge in [-0.2, -0.15) is 0 Å². The summed E-state index contributed by atoms with van der Waals surface area (Å²) in [7, 11) is 0. The Morgan fingerprint density at radius 3 is 0.536 bits per heavy atom. The quantitative estimate of drug-likeness (QED) is 0.0949. The molecule has 0 aliphatic heterocycles. The molecule has 18 aromatic carbocycles. The fourth-order valence-electron chi connectivity index (χ4n) is 22.6. The van der Waals surface area contributed by atoms with E-state index in [0.717, 1.165) is 197 Å². The van der Waals surface area contributed by atoms with Gasteiger partial charge >= 0.3 is 0 Å². The molecule has 12 aromatic heterocycles. The van der Waals surface area contributed by atoms with E-state index >= 15 is 0 Å². The van der Waals surface area contributed by atoms with Gasteiger partial charge in [-0.05, 0) is 203 Å².